The molecule has 5 nitrogen and oxygen atoms in total. The maximum Gasteiger partial charge on any atom is 0.263 e. The Bertz CT molecular complexity index is 659. The van der Waals surface area contributed by atoms with Gasteiger partial charge in [0.2, 0.25) is 0 Å². The van der Waals surface area contributed by atoms with Gasteiger partial charge in [-0.25, -0.2) is 13.4 Å². The fourth-order valence-electron chi connectivity index (χ4n) is 1.41. The molecule has 7 heteroatoms. The summed E-state index contributed by atoms with van der Waals surface area (Å²) in [5, 5.41) is 0. The van der Waals surface area contributed by atoms with Crippen LogP contribution in [0.2, 0.25) is 0 Å². The molecule has 0 aliphatic heterocycles. The third-order valence-corrected chi connectivity index (χ3v) is 4.23. The topological polar surface area (TPSA) is 72.0 Å². The molecule has 1 aromatic carbocycles. The molecule has 0 saturated heterocycles. The van der Waals surface area contributed by atoms with Gasteiger partial charge in [-0.1, -0.05) is 22.0 Å². The predicted octanol–water partition coefficient (Wildman–Crippen LogP) is 2.35. The smallest absolute Gasteiger partial charge is 0.262 e. The third kappa shape index (κ3) is 2.85. The van der Waals surface area contributed by atoms with Crippen LogP contribution in [0, 0.1) is 6.92 Å². The zero-order chi connectivity index (χ0) is 13.2. The summed E-state index contributed by atoms with van der Waals surface area (Å²) in [6.45, 7) is 1.73. The van der Waals surface area contributed by atoms with E-state index in [0.717, 1.165) is 0 Å². The highest BCUT2D eigenvalue weighted by Crippen LogP contribution is 2.22. The Morgan fingerprint density at radius 3 is 2.72 bits per heavy atom. The predicted molar refractivity (Wildman–Crippen MR) is 71.7 cm³/mol. The van der Waals surface area contributed by atoms with Crippen molar-refractivity contribution < 1.29 is 8.42 Å². The Labute approximate surface area is 113 Å². The van der Waals surface area contributed by atoms with Crippen LogP contribution in [-0.4, -0.2) is 18.4 Å². The van der Waals surface area contributed by atoms with Crippen molar-refractivity contribution in [3.8, 4) is 0 Å². The average Bonchev–Trinajstić information content (AvgIpc) is 2.33. The van der Waals surface area contributed by atoms with Gasteiger partial charge in [-0.3, -0.25) is 9.71 Å². The summed E-state index contributed by atoms with van der Waals surface area (Å²) in [4.78, 5) is 7.89. The fourth-order valence-corrected chi connectivity index (χ4v) is 3.19. The quantitative estimate of drug-likeness (QED) is 0.939. The van der Waals surface area contributed by atoms with E-state index in [1.165, 1.54) is 18.6 Å². The molecule has 94 valence electrons. The molecule has 1 aromatic heterocycles. The van der Waals surface area contributed by atoms with Gasteiger partial charge in [0.25, 0.3) is 10.0 Å². The maximum atomic E-state index is 12.2. The number of aryl methyl sites for hydroxylation is 1. The van der Waals surface area contributed by atoms with Crippen molar-refractivity contribution in [2.45, 2.75) is 11.8 Å². The molecular weight excluding hydrogens is 318 g/mol. The third-order valence-electron chi connectivity index (χ3n) is 2.24. The highest BCUT2D eigenvalue weighted by molar-refractivity contribution is 9.10. The first-order chi connectivity index (χ1) is 8.49. The summed E-state index contributed by atoms with van der Waals surface area (Å²) in [5.74, 6) is 0.192. The highest BCUT2D eigenvalue weighted by Gasteiger charge is 2.17. The van der Waals surface area contributed by atoms with Gasteiger partial charge in [-0.2, -0.15) is 0 Å². The summed E-state index contributed by atoms with van der Waals surface area (Å²) >= 11 is 3.25. The Morgan fingerprint density at radius 1 is 1.28 bits per heavy atom. The molecule has 18 heavy (non-hydrogen) atoms. The molecule has 0 spiro atoms. The van der Waals surface area contributed by atoms with Crippen LogP contribution in [0.5, 0.6) is 0 Å². The van der Waals surface area contributed by atoms with E-state index in [1.54, 1.807) is 25.1 Å². The summed E-state index contributed by atoms with van der Waals surface area (Å²) in [5.41, 5.74) is 0.662. The normalized spacial score (nSPS) is 11.2. The molecule has 0 saturated carbocycles. The molecule has 0 aliphatic rings. The number of nitrogens with zero attached hydrogens (tertiary/aromatic N) is 2. The van der Waals surface area contributed by atoms with Crippen molar-refractivity contribution in [3.63, 3.8) is 0 Å². The SMILES string of the molecule is Cc1ccc(Br)cc1S(=O)(=O)Nc1cnccn1. The Kier molecular flexibility index (Phi) is 3.63. The number of aromatic nitrogens is 2. The van der Waals surface area contributed by atoms with Crippen molar-refractivity contribution in [2.24, 2.45) is 0 Å². The fraction of sp³-hybridized carbons (Fsp3) is 0.0909. The molecule has 0 amide bonds. The first-order valence-corrected chi connectivity index (χ1v) is 7.31. The molecule has 0 aliphatic carbocycles. The number of hydrogen-bond acceptors (Lipinski definition) is 4. The molecule has 0 atom stereocenters. The Balaban J connectivity index is 2.40. The average molecular weight is 328 g/mol. The van der Waals surface area contributed by atoms with E-state index in [9.17, 15) is 8.42 Å². The molecule has 0 radical (unpaired) electrons. The summed E-state index contributed by atoms with van der Waals surface area (Å²) < 4.78 is 27.4. The number of rotatable bonds is 3. The Hall–Kier alpha value is -1.47. The molecular formula is C11H10BrN3O2S. The number of benzene rings is 1. The van der Waals surface area contributed by atoms with Crippen molar-refractivity contribution in [3.05, 3.63) is 46.8 Å². The van der Waals surface area contributed by atoms with Crippen LogP contribution in [0.3, 0.4) is 0 Å². The van der Waals surface area contributed by atoms with Crippen LogP contribution in [0.15, 0.2) is 46.2 Å². The lowest BCUT2D eigenvalue weighted by Gasteiger charge is -2.09. The van der Waals surface area contributed by atoms with E-state index < -0.39 is 10.0 Å². The lowest BCUT2D eigenvalue weighted by atomic mass is 10.2. The zero-order valence-electron chi connectivity index (χ0n) is 9.46. The lowest BCUT2D eigenvalue weighted by molar-refractivity contribution is 0.600. The van der Waals surface area contributed by atoms with Crippen LogP contribution in [0.1, 0.15) is 5.56 Å². The van der Waals surface area contributed by atoms with Gasteiger partial charge in [0.15, 0.2) is 5.82 Å². The Morgan fingerprint density at radius 2 is 2.06 bits per heavy atom. The van der Waals surface area contributed by atoms with Crippen LogP contribution in [0.4, 0.5) is 5.82 Å². The van der Waals surface area contributed by atoms with E-state index in [1.807, 2.05) is 0 Å². The van der Waals surface area contributed by atoms with Gasteiger partial charge >= 0.3 is 0 Å². The molecule has 0 unspecified atom stereocenters. The van der Waals surface area contributed by atoms with Gasteiger partial charge in [0, 0.05) is 16.9 Å². The second kappa shape index (κ2) is 5.03. The van der Waals surface area contributed by atoms with Gasteiger partial charge in [-0.05, 0) is 24.6 Å². The van der Waals surface area contributed by atoms with Gasteiger partial charge < -0.3 is 0 Å². The molecule has 1 N–H and O–H groups in total. The van der Waals surface area contributed by atoms with E-state index >= 15 is 0 Å². The number of sulfonamides is 1. The van der Waals surface area contributed by atoms with Crippen LogP contribution < -0.4 is 4.72 Å². The minimum absolute atomic E-state index is 0.192. The van der Waals surface area contributed by atoms with Crippen LogP contribution in [0.25, 0.3) is 0 Å². The van der Waals surface area contributed by atoms with Crippen molar-refractivity contribution in [1.82, 2.24) is 9.97 Å². The minimum atomic E-state index is -3.65. The number of halogens is 1. The van der Waals surface area contributed by atoms with Crippen molar-refractivity contribution in [2.75, 3.05) is 4.72 Å². The molecule has 2 rings (SSSR count). The van der Waals surface area contributed by atoms with Gasteiger partial charge in [-0.15, -0.1) is 0 Å². The van der Waals surface area contributed by atoms with Crippen LogP contribution in [-0.2, 0) is 10.0 Å². The summed E-state index contributed by atoms with van der Waals surface area (Å²) in [6.07, 6.45) is 4.25. The van der Waals surface area contributed by atoms with E-state index in [2.05, 4.69) is 30.6 Å². The van der Waals surface area contributed by atoms with Gasteiger partial charge in [0.05, 0.1) is 11.1 Å². The van der Waals surface area contributed by atoms with Crippen LogP contribution >= 0.6 is 15.9 Å². The molecule has 0 bridgehead atoms. The van der Waals surface area contributed by atoms with E-state index in [0.29, 0.717) is 10.0 Å². The minimum Gasteiger partial charge on any atom is -0.262 e. The lowest BCUT2D eigenvalue weighted by Crippen LogP contribution is -2.15. The summed E-state index contributed by atoms with van der Waals surface area (Å²) in [7, 11) is -3.65. The summed E-state index contributed by atoms with van der Waals surface area (Å²) in [6, 6.07) is 5.07. The highest BCUT2D eigenvalue weighted by atomic mass is 79.9. The largest absolute Gasteiger partial charge is 0.263 e. The van der Waals surface area contributed by atoms with E-state index in [4.69, 9.17) is 0 Å². The molecule has 1 heterocycles. The van der Waals surface area contributed by atoms with E-state index in [-0.39, 0.29) is 10.7 Å². The number of nitrogens with one attached hydrogen (secondary N) is 1. The van der Waals surface area contributed by atoms with Crippen molar-refractivity contribution in [1.29, 1.82) is 0 Å². The molecule has 2 aromatic rings. The number of hydrogen-bond donors (Lipinski definition) is 1. The first kappa shape index (κ1) is 13.0. The monoisotopic (exact) mass is 327 g/mol. The standard InChI is InChI=1S/C11H10BrN3O2S/c1-8-2-3-9(12)6-10(8)18(16,17)15-11-7-13-4-5-14-11/h2-7H,1H3,(H,14,15). The second-order valence-electron chi connectivity index (χ2n) is 3.61. The first-order valence-electron chi connectivity index (χ1n) is 5.04. The zero-order valence-corrected chi connectivity index (χ0v) is 11.9. The number of anilines is 1. The maximum absolute atomic E-state index is 12.2. The molecule has 0 fully saturated rings. The second-order valence-corrected chi connectivity index (χ2v) is 6.17. The van der Waals surface area contributed by atoms with Gasteiger partial charge in [0.1, 0.15) is 0 Å². The van der Waals surface area contributed by atoms with Crippen molar-refractivity contribution >= 4 is 31.8 Å².